The molecular formula is C20H36N4O3. The molecule has 1 saturated carbocycles. The van der Waals surface area contributed by atoms with Gasteiger partial charge in [-0.1, -0.05) is 34.6 Å². The zero-order valence-corrected chi connectivity index (χ0v) is 17.6. The molecule has 3 unspecified atom stereocenters. The predicted molar refractivity (Wildman–Crippen MR) is 105 cm³/mol. The second-order valence-corrected chi connectivity index (χ2v) is 10.2. The number of nitrogens with zero attached hydrogens (tertiary/aromatic N) is 1. The Balaban J connectivity index is 2.10. The average molecular weight is 381 g/mol. The van der Waals surface area contributed by atoms with Crippen molar-refractivity contribution >= 4 is 17.8 Å². The number of carbonyl (C=O) groups is 3. The summed E-state index contributed by atoms with van der Waals surface area (Å²) < 4.78 is 0. The van der Waals surface area contributed by atoms with Crippen LogP contribution in [0.3, 0.4) is 0 Å². The fraction of sp³-hybridized carbons (Fsp3) is 0.850. The molecule has 1 heterocycles. The normalized spacial score (nSPS) is 29.8. The summed E-state index contributed by atoms with van der Waals surface area (Å²) in [6.07, 6.45) is 2.96. The Morgan fingerprint density at radius 3 is 2.52 bits per heavy atom. The van der Waals surface area contributed by atoms with Crippen LogP contribution in [0, 0.1) is 17.3 Å². The summed E-state index contributed by atoms with van der Waals surface area (Å²) in [7, 11) is 0. The summed E-state index contributed by atoms with van der Waals surface area (Å²) in [5.41, 5.74) is 4.38. The molecule has 27 heavy (non-hydrogen) atoms. The zero-order valence-electron chi connectivity index (χ0n) is 17.6. The minimum absolute atomic E-state index is 0.0335. The Morgan fingerprint density at radius 1 is 1.37 bits per heavy atom. The van der Waals surface area contributed by atoms with Gasteiger partial charge in [0.05, 0.1) is 0 Å². The van der Waals surface area contributed by atoms with Gasteiger partial charge in [0.15, 0.2) is 0 Å². The SMILES string of the molecule is CC(C)CC(C)(CN)NC(=O)CN1C(=O)NC2(CC(C)CC(C)(C)C2)C1=O. The quantitative estimate of drug-likeness (QED) is 0.613. The molecule has 0 aromatic carbocycles. The van der Waals surface area contributed by atoms with E-state index in [0.717, 1.165) is 17.7 Å². The fourth-order valence-corrected chi connectivity index (χ4v) is 5.26. The molecule has 4 N–H and O–H groups in total. The van der Waals surface area contributed by atoms with Crippen molar-refractivity contribution in [1.29, 1.82) is 0 Å². The number of hydrogen-bond donors (Lipinski definition) is 3. The molecule has 0 aromatic heterocycles. The molecule has 154 valence electrons. The molecule has 2 rings (SSSR count). The van der Waals surface area contributed by atoms with Crippen LogP contribution < -0.4 is 16.4 Å². The first-order valence-electron chi connectivity index (χ1n) is 9.97. The van der Waals surface area contributed by atoms with E-state index in [1.165, 1.54) is 0 Å². The Morgan fingerprint density at radius 2 is 2.00 bits per heavy atom. The van der Waals surface area contributed by atoms with Crippen molar-refractivity contribution < 1.29 is 14.4 Å². The van der Waals surface area contributed by atoms with Gasteiger partial charge in [-0.15, -0.1) is 0 Å². The first kappa shape index (κ1) is 21.7. The first-order chi connectivity index (χ1) is 12.3. The van der Waals surface area contributed by atoms with Gasteiger partial charge < -0.3 is 16.4 Å². The predicted octanol–water partition coefficient (Wildman–Crippen LogP) is 2.00. The van der Waals surface area contributed by atoms with Gasteiger partial charge in [0.1, 0.15) is 12.1 Å². The number of imide groups is 1. The highest BCUT2D eigenvalue weighted by atomic mass is 16.2. The van der Waals surface area contributed by atoms with Crippen LogP contribution in [0.15, 0.2) is 0 Å². The summed E-state index contributed by atoms with van der Waals surface area (Å²) in [5.74, 6) is 0.0657. The lowest BCUT2D eigenvalue weighted by molar-refractivity contribution is -0.138. The van der Waals surface area contributed by atoms with Crippen molar-refractivity contribution in [3.63, 3.8) is 0 Å². The zero-order chi connectivity index (χ0) is 20.6. The smallest absolute Gasteiger partial charge is 0.325 e. The van der Waals surface area contributed by atoms with Crippen molar-refractivity contribution in [1.82, 2.24) is 15.5 Å². The van der Waals surface area contributed by atoms with E-state index in [1.54, 1.807) is 0 Å². The van der Waals surface area contributed by atoms with Gasteiger partial charge in [-0.3, -0.25) is 14.5 Å². The third-order valence-electron chi connectivity index (χ3n) is 5.68. The van der Waals surface area contributed by atoms with Gasteiger partial charge >= 0.3 is 6.03 Å². The van der Waals surface area contributed by atoms with Crippen molar-refractivity contribution in [2.45, 2.75) is 78.3 Å². The molecule has 2 fully saturated rings. The third-order valence-corrected chi connectivity index (χ3v) is 5.68. The van der Waals surface area contributed by atoms with Crippen molar-refractivity contribution in [3.05, 3.63) is 0 Å². The number of amides is 4. The van der Waals surface area contributed by atoms with E-state index in [2.05, 4.69) is 45.3 Å². The summed E-state index contributed by atoms with van der Waals surface area (Å²) in [6, 6.07) is -0.474. The topological polar surface area (TPSA) is 105 Å². The molecule has 1 saturated heterocycles. The Hall–Kier alpha value is -1.63. The highest BCUT2D eigenvalue weighted by molar-refractivity contribution is 6.09. The molecule has 7 nitrogen and oxygen atoms in total. The first-order valence-corrected chi connectivity index (χ1v) is 9.97. The van der Waals surface area contributed by atoms with Crippen molar-refractivity contribution in [2.24, 2.45) is 23.0 Å². The molecule has 0 aromatic rings. The Labute approximate surface area is 162 Å². The van der Waals surface area contributed by atoms with Crippen LogP contribution >= 0.6 is 0 Å². The number of urea groups is 1. The molecule has 1 aliphatic heterocycles. The molecule has 0 radical (unpaired) electrons. The number of carbonyl (C=O) groups excluding carboxylic acids is 3. The molecule has 1 aliphatic carbocycles. The summed E-state index contributed by atoms with van der Waals surface area (Å²) in [5, 5.41) is 5.82. The number of nitrogens with two attached hydrogens (primary N) is 1. The fourth-order valence-electron chi connectivity index (χ4n) is 5.26. The van der Waals surface area contributed by atoms with Crippen LogP contribution in [-0.4, -0.2) is 46.9 Å². The highest BCUT2D eigenvalue weighted by Crippen LogP contribution is 2.46. The van der Waals surface area contributed by atoms with E-state index < -0.39 is 17.1 Å². The van der Waals surface area contributed by atoms with E-state index in [9.17, 15) is 14.4 Å². The van der Waals surface area contributed by atoms with Crippen LogP contribution in [0.4, 0.5) is 4.79 Å². The van der Waals surface area contributed by atoms with E-state index in [1.807, 2.05) is 6.92 Å². The van der Waals surface area contributed by atoms with Crippen LogP contribution in [0.5, 0.6) is 0 Å². The van der Waals surface area contributed by atoms with Crippen LogP contribution in [-0.2, 0) is 9.59 Å². The second-order valence-electron chi connectivity index (χ2n) is 10.2. The summed E-state index contributed by atoms with van der Waals surface area (Å²) in [4.78, 5) is 39.3. The van der Waals surface area contributed by atoms with Crippen LogP contribution in [0.2, 0.25) is 0 Å². The monoisotopic (exact) mass is 380 g/mol. The maximum absolute atomic E-state index is 13.1. The molecule has 2 aliphatic rings. The summed E-state index contributed by atoms with van der Waals surface area (Å²) in [6.45, 7) is 12.4. The molecule has 3 atom stereocenters. The lowest BCUT2D eigenvalue weighted by atomic mass is 9.64. The summed E-state index contributed by atoms with van der Waals surface area (Å²) >= 11 is 0. The standard InChI is InChI=1S/C20H36N4O3/c1-13(2)7-19(6,12-21)22-15(25)10-24-16(26)20(23-17(24)27)9-14(3)8-18(4,5)11-20/h13-14H,7-12,21H2,1-6H3,(H,22,25)(H,23,27). The van der Waals surface area contributed by atoms with Gasteiger partial charge in [-0.25, -0.2) is 4.79 Å². The maximum Gasteiger partial charge on any atom is 0.325 e. The molecule has 1 spiro atoms. The number of rotatable bonds is 6. The largest absolute Gasteiger partial charge is 0.348 e. The van der Waals surface area contributed by atoms with Crippen molar-refractivity contribution in [3.8, 4) is 0 Å². The lowest BCUT2D eigenvalue weighted by Crippen LogP contribution is -2.56. The highest BCUT2D eigenvalue weighted by Gasteiger charge is 2.56. The maximum atomic E-state index is 13.1. The third kappa shape index (κ3) is 4.81. The minimum atomic E-state index is -0.881. The van der Waals surface area contributed by atoms with E-state index >= 15 is 0 Å². The molecular weight excluding hydrogens is 344 g/mol. The van der Waals surface area contributed by atoms with Crippen LogP contribution in [0.25, 0.3) is 0 Å². The van der Waals surface area contributed by atoms with Gasteiger partial charge in [0, 0.05) is 12.1 Å². The number of nitrogens with one attached hydrogen (secondary N) is 2. The van der Waals surface area contributed by atoms with E-state index in [-0.39, 0.29) is 23.8 Å². The van der Waals surface area contributed by atoms with E-state index in [4.69, 9.17) is 5.73 Å². The van der Waals surface area contributed by atoms with Gasteiger partial charge in [0.25, 0.3) is 5.91 Å². The number of hydrogen-bond acceptors (Lipinski definition) is 4. The van der Waals surface area contributed by atoms with Crippen molar-refractivity contribution in [2.75, 3.05) is 13.1 Å². The minimum Gasteiger partial charge on any atom is -0.348 e. The molecule has 7 heteroatoms. The van der Waals surface area contributed by atoms with E-state index in [0.29, 0.717) is 31.2 Å². The Bertz CT molecular complexity index is 618. The van der Waals surface area contributed by atoms with Gasteiger partial charge in [-0.05, 0) is 49.9 Å². The molecule has 4 amide bonds. The molecule has 0 bridgehead atoms. The Kier molecular flexibility index (Phi) is 5.95. The van der Waals surface area contributed by atoms with Gasteiger partial charge in [-0.2, -0.15) is 0 Å². The average Bonchev–Trinajstić information content (AvgIpc) is 2.67. The van der Waals surface area contributed by atoms with Crippen LogP contribution in [0.1, 0.15) is 67.2 Å². The lowest BCUT2D eigenvalue weighted by Gasteiger charge is -2.43. The second kappa shape index (κ2) is 7.41. The van der Waals surface area contributed by atoms with Gasteiger partial charge in [0.2, 0.25) is 5.91 Å².